The second kappa shape index (κ2) is 7.06. The Morgan fingerprint density at radius 2 is 1.90 bits per heavy atom. The van der Waals surface area contributed by atoms with E-state index in [2.05, 4.69) is 42.4 Å². The zero-order valence-corrected chi connectivity index (χ0v) is 14.4. The highest BCUT2D eigenvalue weighted by atomic mass is 79.9. The molecule has 0 aliphatic rings. The molecule has 0 saturated carbocycles. The Morgan fingerprint density at radius 3 is 2.57 bits per heavy atom. The Morgan fingerprint density at radius 1 is 1.24 bits per heavy atom. The van der Waals surface area contributed by atoms with Gasteiger partial charge in [-0.05, 0) is 52.3 Å². The second-order valence-electron chi connectivity index (χ2n) is 4.03. The molecule has 0 aliphatic heterocycles. The SMILES string of the molecule is O=C(N/N=C\c1cc(Br)cc(Br)c1O)c1ccc(Cl)cc1. The summed E-state index contributed by atoms with van der Waals surface area (Å²) >= 11 is 12.3. The summed E-state index contributed by atoms with van der Waals surface area (Å²) in [4.78, 5) is 11.8. The highest BCUT2D eigenvalue weighted by Crippen LogP contribution is 2.30. The number of nitrogens with one attached hydrogen (secondary N) is 1. The number of carbonyl (C=O) groups is 1. The first-order valence-corrected chi connectivity index (χ1v) is 7.71. The van der Waals surface area contributed by atoms with Crippen LogP contribution in [0.25, 0.3) is 0 Å². The molecule has 1 amide bonds. The predicted octanol–water partition coefficient (Wildman–Crippen LogP) is 4.33. The fraction of sp³-hybridized carbons (Fsp3) is 0. The summed E-state index contributed by atoms with van der Waals surface area (Å²) in [5, 5.41) is 14.2. The predicted molar refractivity (Wildman–Crippen MR) is 90.0 cm³/mol. The molecule has 2 N–H and O–H groups in total. The molecule has 0 heterocycles. The van der Waals surface area contributed by atoms with Crippen LogP contribution in [0, 0.1) is 0 Å². The van der Waals surface area contributed by atoms with E-state index in [9.17, 15) is 9.90 Å². The van der Waals surface area contributed by atoms with E-state index < -0.39 is 0 Å². The van der Waals surface area contributed by atoms with Crippen LogP contribution in [0.5, 0.6) is 5.75 Å². The van der Waals surface area contributed by atoms with E-state index >= 15 is 0 Å². The van der Waals surface area contributed by atoms with Crippen LogP contribution in [-0.2, 0) is 0 Å². The lowest BCUT2D eigenvalue weighted by molar-refractivity contribution is 0.0955. The van der Waals surface area contributed by atoms with Crippen molar-refractivity contribution in [1.29, 1.82) is 0 Å². The molecule has 0 spiro atoms. The number of nitrogens with zero attached hydrogens (tertiary/aromatic N) is 1. The number of halogens is 3. The van der Waals surface area contributed by atoms with Crippen molar-refractivity contribution in [3.8, 4) is 5.75 Å². The molecule has 4 nitrogen and oxygen atoms in total. The fourth-order valence-electron chi connectivity index (χ4n) is 1.51. The molecule has 21 heavy (non-hydrogen) atoms. The highest BCUT2D eigenvalue weighted by Gasteiger charge is 2.06. The Balaban J connectivity index is 2.09. The minimum atomic E-state index is -0.364. The van der Waals surface area contributed by atoms with Crippen LogP contribution in [-0.4, -0.2) is 17.2 Å². The number of hydrogen-bond acceptors (Lipinski definition) is 3. The summed E-state index contributed by atoms with van der Waals surface area (Å²) in [5.74, 6) is -0.320. The summed E-state index contributed by atoms with van der Waals surface area (Å²) in [6, 6.07) is 9.83. The largest absolute Gasteiger partial charge is 0.506 e. The van der Waals surface area contributed by atoms with Crippen LogP contribution in [0.1, 0.15) is 15.9 Å². The first-order chi connectivity index (χ1) is 9.97. The van der Waals surface area contributed by atoms with Gasteiger partial charge in [0.05, 0.1) is 10.7 Å². The van der Waals surface area contributed by atoms with Crippen LogP contribution in [0.3, 0.4) is 0 Å². The van der Waals surface area contributed by atoms with Gasteiger partial charge < -0.3 is 5.11 Å². The van der Waals surface area contributed by atoms with E-state index in [1.165, 1.54) is 6.21 Å². The monoisotopic (exact) mass is 430 g/mol. The number of phenolic OH excluding ortho intramolecular Hbond substituents is 1. The number of phenols is 1. The number of aromatic hydroxyl groups is 1. The van der Waals surface area contributed by atoms with Gasteiger partial charge in [0.15, 0.2) is 0 Å². The van der Waals surface area contributed by atoms with Gasteiger partial charge in [-0.1, -0.05) is 27.5 Å². The lowest BCUT2D eigenvalue weighted by Crippen LogP contribution is -2.17. The second-order valence-corrected chi connectivity index (χ2v) is 6.24. The first-order valence-electron chi connectivity index (χ1n) is 5.74. The van der Waals surface area contributed by atoms with Gasteiger partial charge in [-0.2, -0.15) is 5.10 Å². The molecule has 0 radical (unpaired) electrons. The molecule has 0 aliphatic carbocycles. The van der Waals surface area contributed by atoms with Gasteiger partial charge in [0.1, 0.15) is 5.75 Å². The van der Waals surface area contributed by atoms with E-state index in [1.807, 2.05) is 0 Å². The minimum absolute atomic E-state index is 0.0442. The van der Waals surface area contributed by atoms with Gasteiger partial charge in [-0.3, -0.25) is 4.79 Å². The number of hydrogen-bond donors (Lipinski definition) is 2. The van der Waals surface area contributed by atoms with Crippen LogP contribution >= 0.6 is 43.5 Å². The first kappa shape index (κ1) is 16.0. The number of amides is 1. The molecule has 0 aromatic heterocycles. The van der Waals surface area contributed by atoms with E-state index in [0.717, 1.165) is 4.47 Å². The van der Waals surface area contributed by atoms with Crippen LogP contribution < -0.4 is 5.43 Å². The molecular weight excluding hydrogens is 423 g/mol. The third kappa shape index (κ3) is 4.30. The maximum atomic E-state index is 11.8. The Bertz CT molecular complexity index is 703. The van der Waals surface area contributed by atoms with Gasteiger partial charge in [0, 0.05) is 20.6 Å². The van der Waals surface area contributed by atoms with Gasteiger partial charge in [-0.25, -0.2) is 5.43 Å². The van der Waals surface area contributed by atoms with Gasteiger partial charge in [0.2, 0.25) is 0 Å². The Kier molecular flexibility index (Phi) is 5.39. The normalized spacial score (nSPS) is 10.8. The number of benzene rings is 2. The molecule has 2 aromatic carbocycles. The van der Waals surface area contributed by atoms with E-state index in [-0.39, 0.29) is 11.7 Å². The smallest absolute Gasteiger partial charge is 0.271 e. The number of hydrazone groups is 1. The average molecular weight is 432 g/mol. The molecule has 0 fully saturated rings. The van der Waals surface area contributed by atoms with E-state index in [0.29, 0.717) is 20.6 Å². The van der Waals surface area contributed by atoms with Gasteiger partial charge in [0.25, 0.3) is 5.91 Å². The zero-order chi connectivity index (χ0) is 15.4. The summed E-state index contributed by atoms with van der Waals surface area (Å²) in [6.07, 6.45) is 1.36. The van der Waals surface area contributed by atoms with Crippen molar-refractivity contribution >= 4 is 55.6 Å². The third-order valence-electron chi connectivity index (χ3n) is 2.53. The van der Waals surface area contributed by atoms with Crippen molar-refractivity contribution in [3.05, 3.63) is 61.5 Å². The molecule has 0 saturated heterocycles. The van der Waals surface area contributed by atoms with Crippen molar-refractivity contribution in [2.45, 2.75) is 0 Å². The molecular formula is C14H9Br2ClN2O2. The lowest BCUT2D eigenvalue weighted by atomic mass is 10.2. The Hall–Kier alpha value is -1.37. The van der Waals surface area contributed by atoms with Crippen LogP contribution in [0.15, 0.2) is 50.4 Å². The van der Waals surface area contributed by atoms with Crippen molar-refractivity contribution in [3.63, 3.8) is 0 Å². The molecule has 0 bridgehead atoms. The Labute approximate surface area is 143 Å². The minimum Gasteiger partial charge on any atom is -0.506 e. The fourth-order valence-corrected chi connectivity index (χ4v) is 2.89. The zero-order valence-electron chi connectivity index (χ0n) is 10.5. The molecule has 0 atom stereocenters. The van der Waals surface area contributed by atoms with Gasteiger partial charge in [-0.15, -0.1) is 0 Å². The quantitative estimate of drug-likeness (QED) is 0.560. The summed E-state index contributed by atoms with van der Waals surface area (Å²) in [6.45, 7) is 0. The highest BCUT2D eigenvalue weighted by molar-refractivity contribution is 9.11. The summed E-state index contributed by atoms with van der Waals surface area (Å²) in [7, 11) is 0. The maximum Gasteiger partial charge on any atom is 0.271 e. The number of carbonyl (C=O) groups excluding carboxylic acids is 1. The third-order valence-corrected chi connectivity index (χ3v) is 3.85. The average Bonchev–Trinajstić information content (AvgIpc) is 2.44. The molecule has 7 heteroatoms. The van der Waals surface area contributed by atoms with E-state index in [1.54, 1.807) is 36.4 Å². The van der Waals surface area contributed by atoms with Crippen molar-refractivity contribution < 1.29 is 9.90 Å². The van der Waals surface area contributed by atoms with Crippen molar-refractivity contribution in [1.82, 2.24) is 5.43 Å². The molecule has 2 aromatic rings. The van der Waals surface area contributed by atoms with Gasteiger partial charge >= 0.3 is 0 Å². The maximum absolute atomic E-state index is 11.8. The molecule has 2 rings (SSSR count). The van der Waals surface area contributed by atoms with E-state index in [4.69, 9.17) is 11.6 Å². The van der Waals surface area contributed by atoms with Crippen LogP contribution in [0.4, 0.5) is 0 Å². The molecule has 0 unspecified atom stereocenters. The topological polar surface area (TPSA) is 61.7 Å². The van der Waals surface area contributed by atoms with Crippen LogP contribution in [0.2, 0.25) is 5.02 Å². The standard InChI is InChI=1S/C14H9Br2ClN2O2/c15-10-5-9(13(20)12(16)6-10)7-18-19-14(21)8-1-3-11(17)4-2-8/h1-7,20H,(H,19,21)/b18-7-. The lowest BCUT2D eigenvalue weighted by Gasteiger charge is -2.03. The molecule has 108 valence electrons. The summed E-state index contributed by atoms with van der Waals surface area (Å²) < 4.78 is 1.31. The van der Waals surface area contributed by atoms with Crippen molar-refractivity contribution in [2.24, 2.45) is 5.10 Å². The number of rotatable bonds is 3. The van der Waals surface area contributed by atoms with Crippen molar-refractivity contribution in [2.75, 3.05) is 0 Å². The summed E-state index contributed by atoms with van der Waals surface area (Å²) in [5.41, 5.74) is 3.29.